The highest BCUT2D eigenvalue weighted by atomic mass is 35.5. The molecule has 94 valence electrons. The molecular weight excluding hydrogens is 256 g/mol. The fraction of sp³-hybridized carbons (Fsp3) is 0.400. The highest BCUT2D eigenvalue weighted by Crippen LogP contribution is 2.24. The fourth-order valence-corrected chi connectivity index (χ4v) is 1.20. The second-order valence-electron chi connectivity index (χ2n) is 3.34. The predicted molar refractivity (Wildman–Crippen MR) is 56.4 cm³/mol. The van der Waals surface area contributed by atoms with Crippen molar-refractivity contribution in [1.82, 2.24) is 4.98 Å². The Kier molecular flexibility index (Phi) is 4.62. The average Bonchev–Trinajstić information content (AvgIpc) is 2.19. The van der Waals surface area contributed by atoms with Gasteiger partial charge in [-0.25, -0.2) is 9.78 Å². The first-order chi connectivity index (χ1) is 7.90. The van der Waals surface area contributed by atoms with E-state index in [1.807, 2.05) is 0 Å². The molecule has 1 aromatic heterocycles. The number of halogens is 3. The molecule has 0 aromatic carbocycles. The van der Waals surface area contributed by atoms with Gasteiger partial charge in [0.25, 0.3) is 0 Å². The van der Waals surface area contributed by atoms with Gasteiger partial charge in [0.15, 0.2) is 0 Å². The molecule has 0 bridgehead atoms. The number of alkyl halides is 2. The van der Waals surface area contributed by atoms with Crippen molar-refractivity contribution in [3.05, 3.63) is 22.8 Å². The van der Waals surface area contributed by atoms with E-state index in [9.17, 15) is 13.6 Å². The normalized spacial score (nSPS) is 10.8. The number of pyridine rings is 1. The van der Waals surface area contributed by atoms with Gasteiger partial charge in [-0.05, 0) is 19.9 Å². The highest BCUT2D eigenvalue weighted by molar-refractivity contribution is 6.32. The molecule has 4 nitrogen and oxygen atoms in total. The standard InChI is InChI=1S/C10H10ClF2NO3/c1-5(2)16-9(15)6-3-7(11)8(14-4-6)17-10(12)13/h3-5,10H,1-2H3. The summed E-state index contributed by atoms with van der Waals surface area (Å²) in [4.78, 5) is 14.9. The minimum Gasteiger partial charge on any atom is -0.459 e. The van der Waals surface area contributed by atoms with E-state index in [-0.39, 0.29) is 16.7 Å². The van der Waals surface area contributed by atoms with E-state index >= 15 is 0 Å². The first-order valence-electron chi connectivity index (χ1n) is 4.71. The number of esters is 1. The Labute approximate surface area is 101 Å². The fourth-order valence-electron chi connectivity index (χ4n) is 0.990. The second kappa shape index (κ2) is 5.77. The third-order valence-corrected chi connectivity index (χ3v) is 1.86. The second-order valence-corrected chi connectivity index (χ2v) is 3.75. The number of carbonyl (C=O) groups is 1. The van der Waals surface area contributed by atoms with Gasteiger partial charge in [-0.2, -0.15) is 8.78 Å². The lowest BCUT2D eigenvalue weighted by molar-refractivity contribution is -0.0527. The smallest absolute Gasteiger partial charge is 0.388 e. The predicted octanol–water partition coefficient (Wildman–Crippen LogP) is 2.90. The van der Waals surface area contributed by atoms with Crippen molar-refractivity contribution in [3.63, 3.8) is 0 Å². The van der Waals surface area contributed by atoms with Gasteiger partial charge in [-0.3, -0.25) is 0 Å². The van der Waals surface area contributed by atoms with Crippen LogP contribution in [0.1, 0.15) is 24.2 Å². The van der Waals surface area contributed by atoms with Crippen LogP contribution >= 0.6 is 11.6 Å². The van der Waals surface area contributed by atoms with Crippen LogP contribution in [0.5, 0.6) is 5.88 Å². The van der Waals surface area contributed by atoms with E-state index in [0.717, 1.165) is 12.3 Å². The summed E-state index contributed by atoms with van der Waals surface area (Å²) in [6.07, 6.45) is 0.771. The van der Waals surface area contributed by atoms with E-state index in [0.29, 0.717) is 0 Å². The van der Waals surface area contributed by atoms with Crippen LogP contribution in [0.25, 0.3) is 0 Å². The Morgan fingerprint density at radius 1 is 1.47 bits per heavy atom. The summed E-state index contributed by atoms with van der Waals surface area (Å²) >= 11 is 5.63. The molecule has 17 heavy (non-hydrogen) atoms. The summed E-state index contributed by atoms with van der Waals surface area (Å²) in [5.41, 5.74) is 0.0744. The van der Waals surface area contributed by atoms with Gasteiger partial charge in [0, 0.05) is 6.20 Å². The summed E-state index contributed by atoms with van der Waals surface area (Å²) in [5.74, 6) is -1.05. The lowest BCUT2D eigenvalue weighted by Gasteiger charge is -2.09. The third-order valence-electron chi connectivity index (χ3n) is 1.59. The number of nitrogens with zero attached hydrogens (tertiary/aromatic N) is 1. The zero-order chi connectivity index (χ0) is 13.0. The van der Waals surface area contributed by atoms with Crippen molar-refractivity contribution in [3.8, 4) is 5.88 Å². The monoisotopic (exact) mass is 265 g/mol. The minimum absolute atomic E-state index is 0.0744. The Balaban J connectivity index is 2.85. The Bertz CT molecular complexity index is 413. The first-order valence-corrected chi connectivity index (χ1v) is 5.09. The lowest BCUT2D eigenvalue weighted by Crippen LogP contribution is -2.12. The van der Waals surface area contributed by atoms with E-state index in [1.165, 1.54) is 0 Å². The van der Waals surface area contributed by atoms with Crippen molar-refractivity contribution in [2.75, 3.05) is 0 Å². The summed E-state index contributed by atoms with van der Waals surface area (Å²) in [5, 5.41) is -0.177. The van der Waals surface area contributed by atoms with Gasteiger partial charge >= 0.3 is 12.6 Å². The Hall–Kier alpha value is -1.43. The van der Waals surface area contributed by atoms with Gasteiger partial charge in [0.2, 0.25) is 5.88 Å². The number of ether oxygens (including phenoxy) is 2. The topological polar surface area (TPSA) is 48.4 Å². The number of carbonyl (C=O) groups excluding carboxylic acids is 1. The maximum atomic E-state index is 11.9. The zero-order valence-electron chi connectivity index (χ0n) is 9.12. The largest absolute Gasteiger partial charge is 0.459 e. The molecule has 1 rings (SSSR count). The maximum Gasteiger partial charge on any atom is 0.388 e. The molecule has 0 atom stereocenters. The molecule has 0 radical (unpaired) electrons. The van der Waals surface area contributed by atoms with Gasteiger partial charge in [0.1, 0.15) is 5.02 Å². The summed E-state index contributed by atoms with van der Waals surface area (Å²) < 4.78 is 32.8. The van der Waals surface area contributed by atoms with Crippen LogP contribution in [0.2, 0.25) is 5.02 Å². The van der Waals surface area contributed by atoms with Crippen LogP contribution in [-0.2, 0) is 4.74 Å². The third kappa shape index (κ3) is 4.14. The number of hydrogen-bond donors (Lipinski definition) is 0. The van der Waals surface area contributed by atoms with Crippen LogP contribution in [0.3, 0.4) is 0 Å². The minimum atomic E-state index is -3.02. The van der Waals surface area contributed by atoms with E-state index < -0.39 is 18.5 Å². The molecule has 0 saturated heterocycles. The molecule has 0 spiro atoms. The average molecular weight is 266 g/mol. The summed E-state index contributed by atoms with van der Waals surface area (Å²) in [7, 11) is 0. The number of hydrogen-bond acceptors (Lipinski definition) is 4. The van der Waals surface area contributed by atoms with Crippen molar-refractivity contribution >= 4 is 17.6 Å². The van der Waals surface area contributed by atoms with Crippen molar-refractivity contribution < 1.29 is 23.0 Å². The zero-order valence-corrected chi connectivity index (χ0v) is 9.87. The summed E-state index contributed by atoms with van der Waals surface area (Å²) in [6.45, 7) is 0.344. The first kappa shape index (κ1) is 13.6. The molecule has 0 fully saturated rings. The molecule has 7 heteroatoms. The molecule has 1 heterocycles. The number of aromatic nitrogens is 1. The van der Waals surface area contributed by atoms with Gasteiger partial charge in [-0.15, -0.1) is 0 Å². The van der Waals surface area contributed by atoms with Gasteiger partial charge in [0.05, 0.1) is 11.7 Å². The Morgan fingerprint density at radius 3 is 2.59 bits per heavy atom. The number of rotatable bonds is 4. The maximum absolute atomic E-state index is 11.9. The molecule has 0 aliphatic heterocycles. The molecule has 0 aliphatic carbocycles. The molecule has 1 aromatic rings. The molecule has 0 N–H and O–H groups in total. The van der Waals surface area contributed by atoms with Crippen molar-refractivity contribution in [2.45, 2.75) is 26.6 Å². The van der Waals surface area contributed by atoms with Crippen LogP contribution in [0.15, 0.2) is 12.3 Å². The summed E-state index contributed by atoms with van der Waals surface area (Å²) in [6, 6.07) is 1.16. The van der Waals surface area contributed by atoms with E-state index in [4.69, 9.17) is 16.3 Å². The van der Waals surface area contributed by atoms with E-state index in [2.05, 4.69) is 9.72 Å². The quantitative estimate of drug-likeness (QED) is 0.786. The van der Waals surface area contributed by atoms with Crippen LogP contribution < -0.4 is 4.74 Å². The van der Waals surface area contributed by atoms with Crippen molar-refractivity contribution in [2.24, 2.45) is 0 Å². The molecular formula is C10H10ClF2NO3. The Morgan fingerprint density at radius 2 is 2.12 bits per heavy atom. The van der Waals surface area contributed by atoms with Crippen molar-refractivity contribution in [1.29, 1.82) is 0 Å². The molecule has 0 saturated carbocycles. The molecule has 0 amide bonds. The SMILES string of the molecule is CC(C)OC(=O)c1cnc(OC(F)F)c(Cl)c1. The van der Waals surface area contributed by atoms with Crippen LogP contribution in [-0.4, -0.2) is 23.7 Å². The van der Waals surface area contributed by atoms with Gasteiger partial charge in [-0.1, -0.05) is 11.6 Å². The molecule has 0 unspecified atom stereocenters. The van der Waals surface area contributed by atoms with E-state index in [1.54, 1.807) is 13.8 Å². The lowest BCUT2D eigenvalue weighted by atomic mass is 10.3. The van der Waals surface area contributed by atoms with Crippen LogP contribution in [0.4, 0.5) is 8.78 Å². The highest BCUT2D eigenvalue weighted by Gasteiger charge is 2.15. The molecule has 0 aliphatic rings. The van der Waals surface area contributed by atoms with Crippen LogP contribution in [0, 0.1) is 0 Å². The van der Waals surface area contributed by atoms with Gasteiger partial charge < -0.3 is 9.47 Å².